The molecule has 1 heterocycles. The standard InChI is InChI=1S/C20H31N5/c1-7-24(8-2)17-11-12-18(15(5)13-17)22-20-21-16(6)14-19(23-20)25(9-3)10-4/h11-14H,7-10H2,1-6H3,(H,21,22,23). The lowest BCUT2D eigenvalue weighted by Gasteiger charge is -2.23. The van der Waals surface area contributed by atoms with Crippen LogP contribution < -0.4 is 15.1 Å². The van der Waals surface area contributed by atoms with Crippen LogP contribution in [0.1, 0.15) is 39.0 Å². The largest absolute Gasteiger partial charge is 0.372 e. The molecule has 136 valence electrons. The van der Waals surface area contributed by atoms with E-state index in [1.165, 1.54) is 11.3 Å². The molecule has 0 aliphatic rings. The molecule has 1 aromatic carbocycles. The molecular weight excluding hydrogens is 310 g/mol. The third-order valence-corrected chi connectivity index (χ3v) is 4.51. The molecule has 5 nitrogen and oxygen atoms in total. The minimum Gasteiger partial charge on any atom is -0.372 e. The summed E-state index contributed by atoms with van der Waals surface area (Å²) in [5, 5.41) is 3.39. The Hall–Kier alpha value is -2.30. The fraction of sp³-hybridized carbons (Fsp3) is 0.500. The molecule has 0 atom stereocenters. The second-order valence-electron chi connectivity index (χ2n) is 6.16. The van der Waals surface area contributed by atoms with Crippen molar-refractivity contribution in [2.24, 2.45) is 0 Å². The van der Waals surface area contributed by atoms with E-state index < -0.39 is 0 Å². The van der Waals surface area contributed by atoms with Crippen LogP contribution in [0.2, 0.25) is 0 Å². The molecule has 5 heteroatoms. The van der Waals surface area contributed by atoms with Gasteiger partial charge in [0, 0.05) is 49.3 Å². The SMILES string of the molecule is CCN(CC)c1ccc(Nc2nc(C)cc(N(CC)CC)n2)c(C)c1. The Balaban J connectivity index is 2.27. The summed E-state index contributed by atoms with van der Waals surface area (Å²) in [6.45, 7) is 16.7. The van der Waals surface area contributed by atoms with Crippen molar-refractivity contribution in [1.82, 2.24) is 9.97 Å². The zero-order valence-electron chi connectivity index (χ0n) is 16.4. The van der Waals surface area contributed by atoms with E-state index in [-0.39, 0.29) is 0 Å². The molecule has 0 amide bonds. The van der Waals surface area contributed by atoms with Gasteiger partial charge in [0.15, 0.2) is 0 Å². The van der Waals surface area contributed by atoms with E-state index in [0.29, 0.717) is 5.95 Å². The molecule has 0 bridgehead atoms. The molecule has 0 spiro atoms. The zero-order valence-corrected chi connectivity index (χ0v) is 16.4. The lowest BCUT2D eigenvalue weighted by atomic mass is 10.1. The molecule has 0 radical (unpaired) electrons. The Kier molecular flexibility index (Phi) is 6.62. The van der Waals surface area contributed by atoms with Gasteiger partial charge in [-0.15, -0.1) is 0 Å². The topological polar surface area (TPSA) is 44.3 Å². The van der Waals surface area contributed by atoms with E-state index in [1.54, 1.807) is 0 Å². The third-order valence-electron chi connectivity index (χ3n) is 4.51. The molecule has 0 fully saturated rings. The van der Waals surface area contributed by atoms with Crippen LogP contribution in [-0.2, 0) is 0 Å². The fourth-order valence-corrected chi connectivity index (χ4v) is 3.01. The average Bonchev–Trinajstić information content (AvgIpc) is 2.59. The highest BCUT2D eigenvalue weighted by atomic mass is 15.2. The highest BCUT2D eigenvalue weighted by molar-refractivity contribution is 5.64. The van der Waals surface area contributed by atoms with Gasteiger partial charge in [-0.25, -0.2) is 4.98 Å². The van der Waals surface area contributed by atoms with Crippen LogP contribution >= 0.6 is 0 Å². The van der Waals surface area contributed by atoms with Crippen molar-refractivity contribution in [3.8, 4) is 0 Å². The summed E-state index contributed by atoms with van der Waals surface area (Å²) in [6, 6.07) is 8.53. The maximum atomic E-state index is 4.70. The first-order valence-electron chi connectivity index (χ1n) is 9.25. The second kappa shape index (κ2) is 8.70. The molecule has 0 aliphatic heterocycles. The number of hydrogen-bond donors (Lipinski definition) is 1. The Labute approximate surface area is 152 Å². The molecular formula is C20H31N5. The average molecular weight is 342 g/mol. The number of hydrogen-bond acceptors (Lipinski definition) is 5. The normalized spacial score (nSPS) is 10.6. The third kappa shape index (κ3) is 4.62. The van der Waals surface area contributed by atoms with Gasteiger partial charge in [0.25, 0.3) is 0 Å². The monoisotopic (exact) mass is 341 g/mol. The Morgan fingerprint density at radius 1 is 0.840 bits per heavy atom. The molecule has 2 rings (SSSR count). The van der Waals surface area contributed by atoms with E-state index in [2.05, 4.69) is 72.9 Å². The first-order chi connectivity index (χ1) is 12.0. The van der Waals surface area contributed by atoms with E-state index >= 15 is 0 Å². The van der Waals surface area contributed by atoms with Crippen LogP contribution in [0, 0.1) is 13.8 Å². The number of benzene rings is 1. The van der Waals surface area contributed by atoms with E-state index in [4.69, 9.17) is 4.98 Å². The molecule has 0 aliphatic carbocycles. The summed E-state index contributed by atoms with van der Waals surface area (Å²) >= 11 is 0. The van der Waals surface area contributed by atoms with Crippen LogP contribution in [0.5, 0.6) is 0 Å². The van der Waals surface area contributed by atoms with E-state index in [0.717, 1.165) is 43.4 Å². The molecule has 2 aromatic rings. The van der Waals surface area contributed by atoms with Gasteiger partial charge in [0.1, 0.15) is 5.82 Å². The van der Waals surface area contributed by atoms with Gasteiger partial charge in [-0.1, -0.05) is 0 Å². The molecule has 0 unspecified atom stereocenters. The summed E-state index contributed by atoms with van der Waals surface area (Å²) in [4.78, 5) is 13.8. The maximum Gasteiger partial charge on any atom is 0.229 e. The van der Waals surface area contributed by atoms with Gasteiger partial charge in [-0.05, 0) is 65.3 Å². The van der Waals surface area contributed by atoms with Gasteiger partial charge < -0.3 is 15.1 Å². The second-order valence-corrected chi connectivity index (χ2v) is 6.16. The number of rotatable bonds is 8. The van der Waals surface area contributed by atoms with Gasteiger partial charge in [-0.3, -0.25) is 0 Å². The van der Waals surface area contributed by atoms with Crippen LogP contribution in [0.3, 0.4) is 0 Å². The fourth-order valence-electron chi connectivity index (χ4n) is 3.01. The van der Waals surface area contributed by atoms with Gasteiger partial charge in [-0.2, -0.15) is 4.98 Å². The van der Waals surface area contributed by atoms with Gasteiger partial charge in [0.2, 0.25) is 5.95 Å². The Morgan fingerprint density at radius 3 is 2.04 bits per heavy atom. The number of nitrogens with one attached hydrogen (secondary N) is 1. The van der Waals surface area contributed by atoms with E-state index in [9.17, 15) is 0 Å². The predicted octanol–water partition coefficient (Wildman–Crippen LogP) is 4.53. The number of anilines is 4. The van der Waals surface area contributed by atoms with Crippen molar-refractivity contribution in [3.63, 3.8) is 0 Å². The lowest BCUT2D eigenvalue weighted by molar-refractivity contribution is 0.840. The van der Waals surface area contributed by atoms with Crippen molar-refractivity contribution in [1.29, 1.82) is 0 Å². The number of nitrogens with zero attached hydrogens (tertiary/aromatic N) is 4. The highest BCUT2D eigenvalue weighted by Crippen LogP contribution is 2.25. The van der Waals surface area contributed by atoms with Gasteiger partial charge in [0.05, 0.1) is 0 Å². The molecule has 25 heavy (non-hydrogen) atoms. The summed E-state index contributed by atoms with van der Waals surface area (Å²) < 4.78 is 0. The predicted molar refractivity (Wildman–Crippen MR) is 108 cm³/mol. The Bertz CT molecular complexity index is 690. The smallest absolute Gasteiger partial charge is 0.229 e. The minimum atomic E-state index is 0.653. The van der Waals surface area contributed by atoms with E-state index in [1.807, 2.05) is 13.0 Å². The van der Waals surface area contributed by atoms with Crippen molar-refractivity contribution in [2.75, 3.05) is 41.3 Å². The van der Waals surface area contributed by atoms with Crippen molar-refractivity contribution < 1.29 is 0 Å². The number of aryl methyl sites for hydroxylation is 2. The quantitative estimate of drug-likeness (QED) is 0.764. The summed E-state index contributed by atoms with van der Waals surface area (Å²) in [7, 11) is 0. The molecule has 0 saturated heterocycles. The van der Waals surface area contributed by atoms with Gasteiger partial charge >= 0.3 is 0 Å². The highest BCUT2D eigenvalue weighted by Gasteiger charge is 2.10. The van der Waals surface area contributed by atoms with Crippen molar-refractivity contribution >= 4 is 23.1 Å². The summed E-state index contributed by atoms with van der Waals surface area (Å²) in [5.74, 6) is 1.62. The molecule has 1 N–H and O–H groups in total. The minimum absolute atomic E-state index is 0.653. The lowest BCUT2D eigenvalue weighted by Crippen LogP contribution is -2.23. The summed E-state index contributed by atoms with van der Waals surface area (Å²) in [6.07, 6.45) is 0. The Morgan fingerprint density at radius 2 is 1.48 bits per heavy atom. The van der Waals surface area contributed by atoms with Crippen molar-refractivity contribution in [3.05, 3.63) is 35.5 Å². The van der Waals surface area contributed by atoms with Crippen LogP contribution in [0.15, 0.2) is 24.3 Å². The van der Waals surface area contributed by atoms with Crippen molar-refractivity contribution in [2.45, 2.75) is 41.5 Å². The molecule has 0 saturated carbocycles. The van der Waals surface area contributed by atoms with Crippen LogP contribution in [-0.4, -0.2) is 36.1 Å². The zero-order chi connectivity index (χ0) is 18.4. The van der Waals surface area contributed by atoms with Crippen LogP contribution in [0.4, 0.5) is 23.1 Å². The molecule has 1 aromatic heterocycles. The number of aromatic nitrogens is 2. The summed E-state index contributed by atoms with van der Waals surface area (Å²) in [5.41, 5.74) is 4.46. The first-order valence-corrected chi connectivity index (χ1v) is 9.25. The first kappa shape index (κ1) is 19.0. The maximum absolute atomic E-state index is 4.70. The van der Waals surface area contributed by atoms with Crippen LogP contribution in [0.25, 0.3) is 0 Å².